The van der Waals surface area contributed by atoms with E-state index < -0.39 is 21.7 Å². The van der Waals surface area contributed by atoms with E-state index in [0.29, 0.717) is 25.9 Å². The largest absolute Gasteiger partial charge is 0.310 e. The molecular weight excluding hydrogens is 286 g/mol. The normalized spacial score (nSPS) is 18.4. The Morgan fingerprint density at radius 3 is 2.30 bits per heavy atom. The molecule has 0 amide bonds. The summed E-state index contributed by atoms with van der Waals surface area (Å²) in [5.41, 5.74) is 0.0260. The second-order valence-electron chi connectivity index (χ2n) is 5.02. The van der Waals surface area contributed by atoms with Crippen LogP contribution in [0.3, 0.4) is 0 Å². The lowest BCUT2D eigenvalue weighted by atomic mass is 10.1. The molecule has 0 aromatic heterocycles. The number of halogens is 2. The number of piperidine rings is 1. The molecule has 112 valence electrons. The minimum atomic E-state index is -3.14. The molecule has 0 spiro atoms. The van der Waals surface area contributed by atoms with Crippen molar-refractivity contribution < 1.29 is 17.2 Å². The van der Waals surface area contributed by atoms with E-state index in [-0.39, 0.29) is 18.2 Å². The van der Waals surface area contributed by atoms with Crippen molar-refractivity contribution in [2.45, 2.75) is 25.4 Å². The van der Waals surface area contributed by atoms with Gasteiger partial charge in [0.2, 0.25) is 10.0 Å². The van der Waals surface area contributed by atoms with Gasteiger partial charge >= 0.3 is 0 Å². The molecule has 2 rings (SSSR count). The molecule has 0 bridgehead atoms. The maximum Gasteiger partial charge on any atom is 0.211 e. The Morgan fingerprint density at radius 2 is 1.80 bits per heavy atom. The van der Waals surface area contributed by atoms with Gasteiger partial charge in [-0.15, -0.1) is 0 Å². The van der Waals surface area contributed by atoms with Crippen molar-refractivity contribution >= 4 is 10.0 Å². The highest BCUT2D eigenvalue weighted by atomic mass is 32.2. The van der Waals surface area contributed by atoms with Gasteiger partial charge in [-0.2, -0.15) is 0 Å². The number of sulfonamides is 1. The highest BCUT2D eigenvalue weighted by Gasteiger charge is 2.24. The minimum Gasteiger partial charge on any atom is -0.310 e. The molecule has 20 heavy (non-hydrogen) atoms. The van der Waals surface area contributed by atoms with Crippen LogP contribution in [-0.2, 0) is 16.6 Å². The molecule has 1 N–H and O–H groups in total. The van der Waals surface area contributed by atoms with E-state index in [1.165, 1.54) is 28.8 Å². The maximum atomic E-state index is 13.5. The topological polar surface area (TPSA) is 49.4 Å². The zero-order valence-corrected chi connectivity index (χ0v) is 12.1. The van der Waals surface area contributed by atoms with Gasteiger partial charge in [0.1, 0.15) is 11.6 Å². The SMILES string of the molecule is CS(=O)(=O)N1CCC(NCc2c(F)cccc2F)CC1. The van der Waals surface area contributed by atoms with E-state index in [9.17, 15) is 17.2 Å². The Kier molecular flexibility index (Phi) is 4.72. The summed E-state index contributed by atoms with van der Waals surface area (Å²) in [5.74, 6) is -1.13. The highest BCUT2D eigenvalue weighted by Crippen LogP contribution is 2.16. The van der Waals surface area contributed by atoms with Crippen LogP contribution in [0.2, 0.25) is 0 Å². The third kappa shape index (κ3) is 3.74. The Bertz CT molecular complexity index is 549. The third-order valence-electron chi connectivity index (χ3n) is 3.55. The predicted molar refractivity (Wildman–Crippen MR) is 72.6 cm³/mol. The van der Waals surface area contributed by atoms with Gasteiger partial charge in [0.15, 0.2) is 0 Å². The summed E-state index contributed by atoms with van der Waals surface area (Å²) in [6.07, 6.45) is 2.47. The Hall–Kier alpha value is -1.05. The van der Waals surface area contributed by atoms with Crippen molar-refractivity contribution in [3.63, 3.8) is 0 Å². The molecular formula is C13H18F2N2O2S. The first-order valence-electron chi connectivity index (χ1n) is 6.49. The number of nitrogens with zero attached hydrogens (tertiary/aromatic N) is 1. The lowest BCUT2D eigenvalue weighted by molar-refractivity contribution is 0.288. The summed E-state index contributed by atoms with van der Waals surface area (Å²) in [4.78, 5) is 0. The van der Waals surface area contributed by atoms with Gasteiger partial charge in [0.25, 0.3) is 0 Å². The third-order valence-corrected chi connectivity index (χ3v) is 4.86. The second kappa shape index (κ2) is 6.15. The van der Waals surface area contributed by atoms with Crippen LogP contribution in [0, 0.1) is 11.6 Å². The van der Waals surface area contributed by atoms with E-state index >= 15 is 0 Å². The predicted octanol–water partition coefficient (Wildman–Crippen LogP) is 1.48. The number of benzene rings is 1. The number of rotatable bonds is 4. The van der Waals surface area contributed by atoms with Crippen LogP contribution in [-0.4, -0.2) is 38.1 Å². The van der Waals surface area contributed by atoms with Crippen LogP contribution in [0.25, 0.3) is 0 Å². The average Bonchev–Trinajstić information content (AvgIpc) is 2.37. The van der Waals surface area contributed by atoms with E-state index in [4.69, 9.17) is 0 Å². The molecule has 1 aromatic carbocycles. The molecule has 0 radical (unpaired) electrons. The fraction of sp³-hybridized carbons (Fsp3) is 0.538. The quantitative estimate of drug-likeness (QED) is 0.916. The van der Waals surface area contributed by atoms with Crippen molar-refractivity contribution in [3.05, 3.63) is 35.4 Å². The molecule has 0 atom stereocenters. The van der Waals surface area contributed by atoms with Crippen LogP contribution in [0.15, 0.2) is 18.2 Å². The van der Waals surface area contributed by atoms with Crippen molar-refractivity contribution in [2.75, 3.05) is 19.3 Å². The molecule has 1 aliphatic heterocycles. The van der Waals surface area contributed by atoms with Crippen LogP contribution in [0.5, 0.6) is 0 Å². The summed E-state index contributed by atoms with van der Waals surface area (Å²) in [5, 5.41) is 3.09. The highest BCUT2D eigenvalue weighted by molar-refractivity contribution is 7.88. The first-order valence-corrected chi connectivity index (χ1v) is 8.34. The Labute approximate surface area is 117 Å². The van der Waals surface area contributed by atoms with Gasteiger partial charge in [0, 0.05) is 31.2 Å². The molecule has 0 unspecified atom stereocenters. The molecule has 1 heterocycles. The number of hydrogen-bond donors (Lipinski definition) is 1. The first-order chi connectivity index (χ1) is 9.38. The van der Waals surface area contributed by atoms with E-state index in [1.54, 1.807) is 0 Å². The van der Waals surface area contributed by atoms with Crippen molar-refractivity contribution in [3.8, 4) is 0 Å². The van der Waals surface area contributed by atoms with E-state index in [0.717, 1.165) is 0 Å². The maximum absolute atomic E-state index is 13.5. The van der Waals surface area contributed by atoms with Crippen molar-refractivity contribution in [2.24, 2.45) is 0 Å². The summed E-state index contributed by atoms with van der Waals surface area (Å²) >= 11 is 0. The summed E-state index contributed by atoms with van der Waals surface area (Å²) in [6, 6.07) is 3.87. The Morgan fingerprint density at radius 1 is 1.25 bits per heavy atom. The van der Waals surface area contributed by atoms with Crippen molar-refractivity contribution in [1.29, 1.82) is 0 Å². The molecule has 1 fully saturated rings. The molecule has 1 aromatic rings. The molecule has 1 aliphatic rings. The lowest BCUT2D eigenvalue weighted by Gasteiger charge is -2.30. The smallest absolute Gasteiger partial charge is 0.211 e. The zero-order chi connectivity index (χ0) is 14.8. The van der Waals surface area contributed by atoms with Crippen LogP contribution in [0.4, 0.5) is 8.78 Å². The fourth-order valence-corrected chi connectivity index (χ4v) is 3.21. The summed E-state index contributed by atoms with van der Waals surface area (Å²) in [6.45, 7) is 0.995. The second-order valence-corrected chi connectivity index (χ2v) is 7.00. The van der Waals surface area contributed by atoms with Gasteiger partial charge in [-0.3, -0.25) is 0 Å². The number of hydrogen-bond acceptors (Lipinski definition) is 3. The van der Waals surface area contributed by atoms with Gasteiger partial charge in [-0.05, 0) is 25.0 Å². The molecule has 0 aliphatic carbocycles. The number of nitrogens with one attached hydrogen (secondary N) is 1. The molecule has 0 saturated carbocycles. The van der Waals surface area contributed by atoms with Gasteiger partial charge in [-0.25, -0.2) is 21.5 Å². The van der Waals surface area contributed by atoms with Crippen LogP contribution in [0.1, 0.15) is 18.4 Å². The lowest BCUT2D eigenvalue weighted by Crippen LogP contribution is -2.44. The zero-order valence-electron chi connectivity index (χ0n) is 11.3. The average molecular weight is 304 g/mol. The summed E-state index contributed by atoms with van der Waals surface area (Å²) < 4.78 is 51.1. The van der Waals surface area contributed by atoms with E-state index in [2.05, 4.69) is 5.32 Å². The minimum absolute atomic E-state index is 0.0260. The standard InChI is InChI=1S/C13H18F2N2O2S/c1-20(18,19)17-7-5-10(6-8-17)16-9-11-12(14)3-2-4-13(11)15/h2-4,10,16H,5-9H2,1H3. The van der Waals surface area contributed by atoms with Crippen molar-refractivity contribution in [1.82, 2.24) is 9.62 Å². The van der Waals surface area contributed by atoms with Gasteiger partial charge in [-0.1, -0.05) is 6.07 Å². The van der Waals surface area contributed by atoms with Gasteiger partial charge < -0.3 is 5.32 Å². The Balaban J connectivity index is 1.88. The summed E-state index contributed by atoms with van der Waals surface area (Å²) in [7, 11) is -3.14. The first kappa shape index (κ1) is 15.3. The van der Waals surface area contributed by atoms with Gasteiger partial charge in [0.05, 0.1) is 6.26 Å². The fourth-order valence-electron chi connectivity index (χ4n) is 2.34. The van der Waals surface area contributed by atoms with Crippen LogP contribution >= 0.6 is 0 Å². The molecule has 1 saturated heterocycles. The molecule has 7 heteroatoms. The molecule has 4 nitrogen and oxygen atoms in total. The monoisotopic (exact) mass is 304 g/mol. The van der Waals surface area contributed by atoms with Crippen LogP contribution < -0.4 is 5.32 Å². The van der Waals surface area contributed by atoms with E-state index in [1.807, 2.05) is 0 Å².